The van der Waals surface area contributed by atoms with Crippen LogP contribution in [-0.4, -0.2) is 28.7 Å². The predicted molar refractivity (Wildman–Crippen MR) is 98.1 cm³/mol. The first-order valence-corrected chi connectivity index (χ1v) is 14.3. The van der Waals surface area contributed by atoms with Crippen molar-refractivity contribution in [3.05, 3.63) is 0 Å². The van der Waals surface area contributed by atoms with Gasteiger partial charge in [-0.2, -0.15) is 0 Å². The first kappa shape index (κ1) is 19.9. The predicted octanol–water partition coefficient (Wildman–Crippen LogP) is 5.34. The minimum absolute atomic E-state index is 0.00155. The Kier molecular flexibility index (Phi) is 5.48. The van der Waals surface area contributed by atoms with Gasteiger partial charge in [-0.25, -0.2) is 0 Å². The Morgan fingerprint density at radius 3 is 1.64 bits per heavy atom. The molecule has 0 aromatic heterocycles. The minimum Gasteiger partial charge on any atom is -0.519 e. The van der Waals surface area contributed by atoms with Crippen molar-refractivity contribution in [2.24, 2.45) is 5.92 Å². The summed E-state index contributed by atoms with van der Waals surface area (Å²) in [4.78, 5) is 12.4. The summed E-state index contributed by atoms with van der Waals surface area (Å²) in [7, 11) is -3.72. The highest BCUT2D eigenvalue weighted by atomic mass is 28.4. The van der Waals surface area contributed by atoms with Gasteiger partial charge in [-0.1, -0.05) is 41.5 Å². The second-order valence-corrected chi connectivity index (χ2v) is 19.3. The molecular weight excluding hydrogens is 308 g/mol. The topological polar surface area (TPSA) is 35.5 Å². The smallest absolute Gasteiger partial charge is 0.295 e. The summed E-state index contributed by atoms with van der Waals surface area (Å²) in [5.41, 5.74) is 0. The van der Waals surface area contributed by atoms with Crippen molar-refractivity contribution >= 4 is 22.6 Å². The van der Waals surface area contributed by atoms with Gasteiger partial charge in [0.25, 0.3) is 14.3 Å². The molecule has 0 aromatic rings. The lowest BCUT2D eigenvalue weighted by Crippen LogP contribution is -2.51. The summed E-state index contributed by atoms with van der Waals surface area (Å²) < 4.78 is 12.3. The molecule has 1 aliphatic carbocycles. The summed E-state index contributed by atoms with van der Waals surface area (Å²) >= 11 is 0. The largest absolute Gasteiger partial charge is 0.519 e. The van der Waals surface area contributed by atoms with E-state index in [1.165, 1.54) is 0 Å². The Balaban J connectivity index is 2.50. The fraction of sp³-hybridized carbons (Fsp3) is 0.941. The molecule has 0 atom stereocenters. The summed E-state index contributed by atoms with van der Waals surface area (Å²) in [6.07, 6.45) is 1.91. The van der Waals surface area contributed by atoms with Gasteiger partial charge >= 0.3 is 0 Å². The third kappa shape index (κ3) is 4.45. The number of carbonyl (C=O) groups is 1. The average Bonchev–Trinajstić information content (AvgIpc) is 2.18. The van der Waals surface area contributed by atoms with Crippen LogP contribution in [0.3, 0.4) is 0 Å². The molecule has 0 saturated heterocycles. The van der Waals surface area contributed by atoms with E-state index >= 15 is 0 Å². The van der Waals surface area contributed by atoms with E-state index in [1.54, 1.807) is 0 Å². The highest BCUT2D eigenvalue weighted by molar-refractivity contribution is 6.75. The summed E-state index contributed by atoms with van der Waals surface area (Å²) in [6, 6.07) is 0. The molecule has 1 saturated carbocycles. The van der Waals surface area contributed by atoms with Gasteiger partial charge in [0.1, 0.15) is 0 Å². The quantitative estimate of drug-likeness (QED) is 0.646. The van der Waals surface area contributed by atoms with Gasteiger partial charge in [-0.3, -0.25) is 4.79 Å². The number of hydrogen-bond donors (Lipinski definition) is 0. The van der Waals surface area contributed by atoms with Crippen LogP contribution >= 0.6 is 0 Å². The van der Waals surface area contributed by atoms with Crippen LogP contribution in [0, 0.1) is 5.92 Å². The molecule has 22 heavy (non-hydrogen) atoms. The second-order valence-electron chi connectivity index (χ2n) is 9.85. The van der Waals surface area contributed by atoms with Crippen LogP contribution in [0.25, 0.3) is 0 Å². The van der Waals surface area contributed by atoms with Crippen molar-refractivity contribution in [2.75, 3.05) is 0 Å². The van der Waals surface area contributed by atoms with E-state index in [0.717, 1.165) is 12.8 Å². The van der Waals surface area contributed by atoms with Crippen LogP contribution in [-0.2, 0) is 13.6 Å². The Bertz CT molecular complexity index is 411. The molecule has 1 aliphatic rings. The van der Waals surface area contributed by atoms with Crippen LogP contribution in [0.4, 0.5) is 0 Å². The summed E-state index contributed by atoms with van der Waals surface area (Å²) in [5, 5.41) is 0.295. The van der Waals surface area contributed by atoms with E-state index < -0.39 is 16.6 Å². The fourth-order valence-electron chi connectivity index (χ4n) is 1.94. The van der Waals surface area contributed by atoms with Crippen LogP contribution in [0.2, 0.25) is 36.3 Å². The highest BCUT2D eigenvalue weighted by Gasteiger charge is 2.47. The molecule has 0 radical (unpaired) electrons. The molecule has 0 aromatic carbocycles. The molecule has 0 unspecified atom stereocenters. The standard InChI is InChI=1S/C17H36O3Si2/c1-16(2,3)21(7,8)19-14-11-13(12-14)15(18)20-22(9,10)17(4,5)6/h13-14H,11-12H2,1-10H3. The van der Waals surface area contributed by atoms with E-state index in [1.807, 2.05) is 0 Å². The SMILES string of the molecule is CC(C)(C)[Si](C)(C)OC(=O)C1CC(O[Si](C)(C)C(C)(C)C)C1. The number of rotatable bonds is 4. The van der Waals surface area contributed by atoms with Crippen LogP contribution in [0.1, 0.15) is 54.4 Å². The van der Waals surface area contributed by atoms with Crippen molar-refractivity contribution in [2.45, 2.75) is 96.8 Å². The Labute approximate surface area is 139 Å². The average molecular weight is 345 g/mol. The number of carbonyl (C=O) groups excluding carboxylic acids is 1. The van der Waals surface area contributed by atoms with Gasteiger partial charge in [-0.15, -0.1) is 0 Å². The zero-order valence-electron chi connectivity index (χ0n) is 16.3. The van der Waals surface area contributed by atoms with Crippen molar-refractivity contribution in [1.29, 1.82) is 0 Å². The number of hydrogen-bond acceptors (Lipinski definition) is 3. The molecule has 0 spiro atoms. The molecule has 0 amide bonds. The maximum Gasteiger partial charge on any atom is 0.295 e. The summed E-state index contributed by atoms with van der Waals surface area (Å²) in [6.45, 7) is 22.1. The molecule has 0 N–H and O–H groups in total. The van der Waals surface area contributed by atoms with Crippen LogP contribution in [0.15, 0.2) is 0 Å². The lowest BCUT2D eigenvalue weighted by atomic mass is 9.83. The van der Waals surface area contributed by atoms with Gasteiger partial charge in [-0.05, 0) is 49.1 Å². The monoisotopic (exact) mass is 344 g/mol. The van der Waals surface area contributed by atoms with Gasteiger partial charge in [0.15, 0.2) is 8.32 Å². The normalized spacial score (nSPS) is 23.9. The lowest BCUT2D eigenvalue weighted by Gasteiger charge is -2.45. The molecule has 0 aliphatic heterocycles. The molecule has 0 heterocycles. The van der Waals surface area contributed by atoms with E-state index in [-0.39, 0.29) is 28.1 Å². The summed E-state index contributed by atoms with van der Waals surface area (Å²) in [5.74, 6) is 0.0468. The Hall–Kier alpha value is -0.136. The van der Waals surface area contributed by atoms with E-state index in [0.29, 0.717) is 0 Å². The molecule has 5 heteroatoms. The van der Waals surface area contributed by atoms with Crippen molar-refractivity contribution in [1.82, 2.24) is 0 Å². The molecule has 130 valence electrons. The molecule has 1 fully saturated rings. The van der Waals surface area contributed by atoms with E-state index in [4.69, 9.17) is 8.85 Å². The molecular formula is C17H36O3Si2. The zero-order chi connectivity index (χ0) is 17.6. The minimum atomic E-state index is -1.99. The van der Waals surface area contributed by atoms with Crippen molar-refractivity contribution in [3.63, 3.8) is 0 Å². The fourth-order valence-corrected chi connectivity index (χ4v) is 4.29. The third-order valence-electron chi connectivity index (χ3n) is 5.86. The first-order chi connectivity index (χ1) is 9.57. The second kappa shape index (κ2) is 6.06. The highest BCUT2D eigenvalue weighted by Crippen LogP contribution is 2.43. The van der Waals surface area contributed by atoms with Gasteiger partial charge in [0, 0.05) is 6.10 Å². The van der Waals surface area contributed by atoms with Gasteiger partial charge in [0.05, 0.1) is 5.92 Å². The van der Waals surface area contributed by atoms with Crippen LogP contribution in [0.5, 0.6) is 0 Å². The molecule has 1 rings (SSSR count). The lowest BCUT2D eigenvalue weighted by molar-refractivity contribution is -0.146. The van der Waals surface area contributed by atoms with Gasteiger partial charge in [0.2, 0.25) is 0 Å². The third-order valence-corrected chi connectivity index (χ3v) is 14.7. The van der Waals surface area contributed by atoms with Crippen molar-refractivity contribution in [3.8, 4) is 0 Å². The van der Waals surface area contributed by atoms with E-state index in [2.05, 4.69) is 67.7 Å². The zero-order valence-corrected chi connectivity index (χ0v) is 18.3. The molecule has 0 bridgehead atoms. The van der Waals surface area contributed by atoms with Gasteiger partial charge < -0.3 is 8.85 Å². The Morgan fingerprint density at radius 2 is 1.27 bits per heavy atom. The van der Waals surface area contributed by atoms with Crippen LogP contribution < -0.4 is 0 Å². The van der Waals surface area contributed by atoms with Crippen molar-refractivity contribution < 1.29 is 13.6 Å². The first-order valence-electron chi connectivity index (χ1n) is 8.47. The maximum absolute atomic E-state index is 12.4. The maximum atomic E-state index is 12.4. The Morgan fingerprint density at radius 1 is 0.864 bits per heavy atom. The molecule has 3 nitrogen and oxygen atoms in total. The van der Waals surface area contributed by atoms with E-state index in [9.17, 15) is 4.79 Å².